The van der Waals surface area contributed by atoms with E-state index in [9.17, 15) is 29.4 Å². The summed E-state index contributed by atoms with van der Waals surface area (Å²) in [5.41, 5.74) is 0.932. The molecule has 3 aromatic rings. The molecule has 35 heavy (non-hydrogen) atoms. The largest absolute Gasteiger partial charge is 0.321 e. The fourth-order valence-electron chi connectivity index (χ4n) is 3.54. The van der Waals surface area contributed by atoms with Crippen molar-refractivity contribution < 1.29 is 18.9 Å². The minimum Gasteiger partial charge on any atom is -0.321 e. The standard InChI is InChI=1S/C25H17FN4O4S/c26-17-9-11-19(12-10-17)29-24(32)22(14-16-5-4-8-20(13-16)30(33)34)35-25(29)21(15-27)23(31)28-18-6-2-1-3-7-18/h1-13,22H,14H2,(H,28,31)/b25-21-/t22-/m1/s1. The maximum absolute atomic E-state index is 13.5. The number of benzene rings is 3. The number of thioether (sulfide) groups is 1. The molecule has 0 unspecified atom stereocenters. The van der Waals surface area contributed by atoms with E-state index in [1.54, 1.807) is 36.4 Å². The second-order valence-corrected chi connectivity index (χ2v) is 8.69. The maximum atomic E-state index is 13.5. The lowest BCUT2D eigenvalue weighted by Gasteiger charge is -2.18. The lowest BCUT2D eigenvalue weighted by Crippen LogP contribution is -2.31. The Hall–Kier alpha value is -4.49. The number of hydrogen-bond acceptors (Lipinski definition) is 6. The van der Waals surface area contributed by atoms with Crippen molar-refractivity contribution >= 4 is 40.6 Å². The minimum absolute atomic E-state index is 0.105. The van der Waals surface area contributed by atoms with Crippen molar-refractivity contribution in [3.8, 4) is 6.07 Å². The molecule has 8 nitrogen and oxygen atoms in total. The third kappa shape index (κ3) is 5.20. The summed E-state index contributed by atoms with van der Waals surface area (Å²) in [7, 11) is 0. The van der Waals surface area contributed by atoms with Gasteiger partial charge in [0.05, 0.1) is 10.2 Å². The molecule has 3 aromatic carbocycles. The van der Waals surface area contributed by atoms with Gasteiger partial charge in [-0.1, -0.05) is 42.1 Å². The summed E-state index contributed by atoms with van der Waals surface area (Å²) in [6, 6.07) is 21.5. The van der Waals surface area contributed by atoms with Gasteiger partial charge in [0.15, 0.2) is 0 Å². The van der Waals surface area contributed by atoms with Crippen LogP contribution in [0.2, 0.25) is 0 Å². The molecule has 0 aliphatic carbocycles. The van der Waals surface area contributed by atoms with E-state index in [1.807, 2.05) is 6.07 Å². The Bertz CT molecular complexity index is 1370. The van der Waals surface area contributed by atoms with Crippen LogP contribution in [0, 0.1) is 27.3 Å². The molecule has 0 spiro atoms. The number of carbonyl (C=O) groups is 2. The average Bonchev–Trinajstić information content (AvgIpc) is 3.16. The molecule has 1 atom stereocenters. The Kier molecular flexibility index (Phi) is 6.89. The van der Waals surface area contributed by atoms with Crippen molar-refractivity contribution in [2.45, 2.75) is 11.7 Å². The van der Waals surface area contributed by atoms with Crippen molar-refractivity contribution in [2.24, 2.45) is 0 Å². The molecule has 0 radical (unpaired) electrons. The quantitative estimate of drug-likeness (QED) is 0.231. The van der Waals surface area contributed by atoms with E-state index in [-0.39, 0.29) is 22.7 Å². The number of nitro groups is 1. The van der Waals surface area contributed by atoms with E-state index >= 15 is 0 Å². The molecule has 174 valence electrons. The van der Waals surface area contributed by atoms with Gasteiger partial charge >= 0.3 is 0 Å². The van der Waals surface area contributed by atoms with Crippen LogP contribution in [0.4, 0.5) is 21.5 Å². The Labute approximate surface area is 203 Å². The van der Waals surface area contributed by atoms with Crippen LogP contribution in [-0.4, -0.2) is 22.0 Å². The van der Waals surface area contributed by atoms with Crippen LogP contribution in [0.5, 0.6) is 0 Å². The number of para-hydroxylation sites is 1. The van der Waals surface area contributed by atoms with E-state index < -0.39 is 27.8 Å². The number of nitro benzene ring substituents is 1. The van der Waals surface area contributed by atoms with Crippen LogP contribution in [-0.2, 0) is 16.0 Å². The van der Waals surface area contributed by atoms with Gasteiger partial charge in [-0.15, -0.1) is 0 Å². The van der Waals surface area contributed by atoms with Crippen molar-refractivity contribution in [3.05, 3.63) is 111 Å². The molecule has 0 saturated carbocycles. The van der Waals surface area contributed by atoms with Gasteiger partial charge in [-0.05, 0) is 48.4 Å². The predicted octanol–water partition coefficient (Wildman–Crippen LogP) is 4.80. The number of hydrogen-bond donors (Lipinski definition) is 1. The van der Waals surface area contributed by atoms with E-state index in [1.165, 1.54) is 47.4 Å². The molecule has 1 saturated heterocycles. The van der Waals surface area contributed by atoms with Crippen LogP contribution < -0.4 is 10.2 Å². The molecule has 4 rings (SSSR count). The molecular weight excluding hydrogens is 471 g/mol. The highest BCUT2D eigenvalue weighted by molar-refractivity contribution is 8.05. The molecule has 1 fully saturated rings. The first kappa shape index (κ1) is 23.7. The van der Waals surface area contributed by atoms with Crippen LogP contribution >= 0.6 is 11.8 Å². The highest BCUT2D eigenvalue weighted by Gasteiger charge is 2.41. The zero-order chi connectivity index (χ0) is 24.9. The average molecular weight is 489 g/mol. The van der Waals surface area contributed by atoms with Gasteiger partial charge < -0.3 is 5.32 Å². The number of amides is 2. The van der Waals surface area contributed by atoms with Crippen molar-refractivity contribution in [1.82, 2.24) is 0 Å². The number of carbonyl (C=O) groups excluding carboxylic acids is 2. The zero-order valence-corrected chi connectivity index (χ0v) is 18.9. The fraction of sp³-hybridized carbons (Fsp3) is 0.0800. The van der Waals surface area contributed by atoms with Gasteiger partial charge in [0.2, 0.25) is 5.91 Å². The number of non-ortho nitro benzene ring substituents is 1. The van der Waals surface area contributed by atoms with Gasteiger partial charge in [0, 0.05) is 23.5 Å². The number of nitriles is 1. The second kappa shape index (κ2) is 10.2. The van der Waals surface area contributed by atoms with Gasteiger partial charge in [-0.25, -0.2) is 4.39 Å². The maximum Gasteiger partial charge on any atom is 0.269 e. The number of nitrogens with one attached hydrogen (secondary N) is 1. The van der Waals surface area contributed by atoms with Crippen molar-refractivity contribution in [1.29, 1.82) is 5.26 Å². The van der Waals surface area contributed by atoms with Crippen LogP contribution in [0.25, 0.3) is 0 Å². The Balaban J connectivity index is 1.72. The number of halogens is 1. The Morgan fingerprint density at radius 1 is 1.11 bits per heavy atom. The van der Waals surface area contributed by atoms with Crippen LogP contribution in [0.3, 0.4) is 0 Å². The SMILES string of the molecule is N#C/C(C(=O)Nc1ccccc1)=C1/S[C@H](Cc2cccc([N+](=O)[O-])c2)C(=O)N1c1ccc(F)cc1. The van der Waals surface area contributed by atoms with Crippen LogP contribution in [0.1, 0.15) is 5.56 Å². The summed E-state index contributed by atoms with van der Waals surface area (Å²) in [4.78, 5) is 38.2. The summed E-state index contributed by atoms with van der Waals surface area (Å²) in [5, 5.41) is 23.0. The fourth-order valence-corrected chi connectivity index (χ4v) is 4.85. The van der Waals surface area contributed by atoms with E-state index in [0.717, 1.165) is 11.8 Å². The summed E-state index contributed by atoms with van der Waals surface area (Å²) < 4.78 is 13.5. The van der Waals surface area contributed by atoms with Gasteiger partial charge in [0.25, 0.3) is 11.6 Å². The van der Waals surface area contributed by atoms with E-state index in [0.29, 0.717) is 16.9 Å². The molecule has 1 aliphatic heterocycles. The van der Waals surface area contributed by atoms with E-state index in [2.05, 4.69) is 5.32 Å². The molecule has 2 amide bonds. The summed E-state index contributed by atoms with van der Waals surface area (Å²) >= 11 is 1.02. The third-order valence-electron chi connectivity index (χ3n) is 5.16. The number of anilines is 2. The van der Waals surface area contributed by atoms with Crippen molar-refractivity contribution in [2.75, 3.05) is 10.2 Å². The third-order valence-corrected chi connectivity index (χ3v) is 6.43. The molecule has 0 bridgehead atoms. The summed E-state index contributed by atoms with van der Waals surface area (Å²) in [5.74, 6) is -1.63. The molecule has 1 N–H and O–H groups in total. The Morgan fingerprint density at radius 2 is 1.83 bits per heavy atom. The second-order valence-electron chi connectivity index (χ2n) is 7.50. The first-order valence-electron chi connectivity index (χ1n) is 10.4. The molecule has 0 aromatic heterocycles. The first-order chi connectivity index (χ1) is 16.9. The monoisotopic (exact) mass is 488 g/mol. The lowest BCUT2D eigenvalue weighted by atomic mass is 10.1. The smallest absolute Gasteiger partial charge is 0.269 e. The topological polar surface area (TPSA) is 116 Å². The number of rotatable bonds is 6. The van der Waals surface area contributed by atoms with E-state index in [4.69, 9.17) is 0 Å². The molecule has 1 heterocycles. The molecule has 10 heteroatoms. The van der Waals surface area contributed by atoms with Gasteiger partial charge in [0.1, 0.15) is 22.5 Å². The number of nitrogens with zero attached hydrogens (tertiary/aromatic N) is 3. The predicted molar refractivity (Wildman–Crippen MR) is 130 cm³/mol. The Morgan fingerprint density at radius 3 is 2.49 bits per heavy atom. The lowest BCUT2D eigenvalue weighted by molar-refractivity contribution is -0.384. The summed E-state index contributed by atoms with van der Waals surface area (Å²) in [6.45, 7) is 0. The van der Waals surface area contributed by atoms with Gasteiger partial charge in [-0.3, -0.25) is 24.6 Å². The highest BCUT2D eigenvalue weighted by atomic mass is 32.2. The minimum atomic E-state index is -0.759. The van der Waals surface area contributed by atoms with Crippen molar-refractivity contribution in [3.63, 3.8) is 0 Å². The highest BCUT2D eigenvalue weighted by Crippen LogP contribution is 2.42. The summed E-state index contributed by atoms with van der Waals surface area (Å²) in [6.07, 6.45) is 0.130. The van der Waals surface area contributed by atoms with Gasteiger partial charge in [-0.2, -0.15) is 5.26 Å². The van der Waals surface area contributed by atoms with Crippen LogP contribution in [0.15, 0.2) is 89.5 Å². The molecule has 1 aliphatic rings. The molecular formula is C25H17FN4O4S. The normalized spacial score (nSPS) is 16.5. The zero-order valence-electron chi connectivity index (χ0n) is 18.1. The first-order valence-corrected chi connectivity index (χ1v) is 11.3.